The zero-order valence-electron chi connectivity index (χ0n) is 17.5. The summed E-state index contributed by atoms with van der Waals surface area (Å²) in [6.07, 6.45) is 11.2. The molecule has 0 atom stereocenters. The highest BCUT2D eigenvalue weighted by Crippen LogP contribution is 2.20. The van der Waals surface area contributed by atoms with Crippen molar-refractivity contribution in [3.05, 3.63) is 48.0 Å². The highest BCUT2D eigenvalue weighted by molar-refractivity contribution is 5.79. The van der Waals surface area contributed by atoms with Crippen LogP contribution in [-0.4, -0.2) is 46.5 Å². The molecule has 3 rings (SSSR count). The Morgan fingerprint density at radius 1 is 1.21 bits per heavy atom. The van der Waals surface area contributed by atoms with Crippen molar-refractivity contribution in [1.82, 2.24) is 25.4 Å². The number of hydrogen-bond donors (Lipinski definition) is 2. The molecule has 1 aliphatic carbocycles. The summed E-state index contributed by atoms with van der Waals surface area (Å²) < 4.78 is 7.82. The largest absolute Gasteiger partial charge is 0.378 e. The molecule has 0 bridgehead atoms. The van der Waals surface area contributed by atoms with Crippen LogP contribution in [-0.2, 0) is 17.8 Å². The summed E-state index contributed by atoms with van der Waals surface area (Å²) in [6.45, 7) is 5.97. The van der Waals surface area contributed by atoms with E-state index in [2.05, 4.69) is 51.9 Å². The lowest BCUT2D eigenvalue weighted by molar-refractivity contribution is 0.0277. The predicted octanol–water partition coefficient (Wildman–Crippen LogP) is 3.12. The molecule has 2 aromatic rings. The standard InChI is InChI=1S/C22H34N6O/c1-2-24-22(25-12-7-13-29-21-10-4-3-5-11-21)26-15-19-8-6-9-20(14-19)16-28-18-23-17-27-28/h6,8-9,14,17-18,21H,2-5,7,10-13,15-16H2,1H3,(H2,24,25,26). The van der Waals surface area contributed by atoms with Crippen molar-refractivity contribution >= 4 is 5.96 Å². The number of ether oxygens (including phenoxy) is 1. The molecule has 0 amide bonds. The lowest BCUT2D eigenvalue weighted by atomic mass is 9.98. The van der Waals surface area contributed by atoms with Crippen molar-refractivity contribution in [2.75, 3.05) is 19.7 Å². The molecule has 1 aromatic heterocycles. The Bertz CT molecular complexity index is 725. The van der Waals surface area contributed by atoms with Gasteiger partial charge in [-0.05, 0) is 37.3 Å². The highest BCUT2D eigenvalue weighted by Gasteiger charge is 2.12. The summed E-state index contributed by atoms with van der Waals surface area (Å²) in [5, 5.41) is 10.9. The van der Waals surface area contributed by atoms with Gasteiger partial charge in [0.1, 0.15) is 12.7 Å². The van der Waals surface area contributed by atoms with Gasteiger partial charge >= 0.3 is 0 Å². The smallest absolute Gasteiger partial charge is 0.191 e. The Labute approximate surface area is 174 Å². The molecule has 29 heavy (non-hydrogen) atoms. The highest BCUT2D eigenvalue weighted by atomic mass is 16.5. The molecule has 1 heterocycles. The molecule has 0 aliphatic heterocycles. The van der Waals surface area contributed by atoms with Gasteiger partial charge in [0.25, 0.3) is 0 Å². The summed E-state index contributed by atoms with van der Waals surface area (Å²) in [5.41, 5.74) is 2.38. The zero-order valence-corrected chi connectivity index (χ0v) is 17.5. The van der Waals surface area contributed by atoms with Crippen molar-refractivity contribution in [3.8, 4) is 0 Å². The number of aromatic nitrogens is 3. The topological polar surface area (TPSA) is 76.4 Å². The number of nitrogens with one attached hydrogen (secondary N) is 2. The van der Waals surface area contributed by atoms with Gasteiger partial charge in [-0.1, -0.05) is 43.5 Å². The molecular weight excluding hydrogens is 364 g/mol. The van der Waals surface area contributed by atoms with Crippen molar-refractivity contribution in [2.45, 2.75) is 64.6 Å². The molecule has 1 fully saturated rings. The molecule has 0 spiro atoms. The number of benzene rings is 1. The molecule has 1 aliphatic rings. The quantitative estimate of drug-likeness (QED) is 0.365. The number of aliphatic imine (C=N–C) groups is 1. The van der Waals surface area contributed by atoms with Crippen molar-refractivity contribution in [1.29, 1.82) is 0 Å². The summed E-state index contributed by atoms with van der Waals surface area (Å²) >= 11 is 0. The number of guanidine groups is 1. The maximum atomic E-state index is 6.00. The third kappa shape index (κ3) is 7.85. The fraction of sp³-hybridized carbons (Fsp3) is 0.591. The van der Waals surface area contributed by atoms with Crippen molar-refractivity contribution < 1.29 is 4.74 Å². The number of nitrogens with zero attached hydrogens (tertiary/aromatic N) is 4. The van der Waals surface area contributed by atoms with Crippen LogP contribution in [0.15, 0.2) is 41.9 Å². The van der Waals surface area contributed by atoms with E-state index in [-0.39, 0.29) is 0 Å². The first-order valence-electron chi connectivity index (χ1n) is 10.9. The van der Waals surface area contributed by atoms with E-state index in [4.69, 9.17) is 9.73 Å². The maximum absolute atomic E-state index is 6.00. The van der Waals surface area contributed by atoms with E-state index in [1.54, 1.807) is 12.7 Å². The molecule has 0 saturated heterocycles. The molecule has 0 unspecified atom stereocenters. The van der Waals surface area contributed by atoms with Gasteiger partial charge in [-0.2, -0.15) is 5.10 Å². The predicted molar refractivity (Wildman–Crippen MR) is 116 cm³/mol. The molecule has 7 nitrogen and oxygen atoms in total. The maximum Gasteiger partial charge on any atom is 0.191 e. The van der Waals surface area contributed by atoms with E-state index in [0.717, 1.165) is 38.6 Å². The lowest BCUT2D eigenvalue weighted by Gasteiger charge is -2.22. The third-order valence-corrected chi connectivity index (χ3v) is 5.09. The van der Waals surface area contributed by atoms with Gasteiger partial charge in [0.05, 0.1) is 19.2 Å². The zero-order chi connectivity index (χ0) is 20.2. The van der Waals surface area contributed by atoms with Crippen LogP contribution in [0, 0.1) is 0 Å². The van der Waals surface area contributed by atoms with Crippen LogP contribution in [0.1, 0.15) is 56.6 Å². The number of hydrogen-bond acceptors (Lipinski definition) is 4. The molecule has 0 radical (unpaired) electrons. The average Bonchev–Trinajstić information content (AvgIpc) is 3.26. The third-order valence-electron chi connectivity index (χ3n) is 5.09. The summed E-state index contributed by atoms with van der Waals surface area (Å²) in [5.74, 6) is 0.854. The molecule has 1 saturated carbocycles. The van der Waals surface area contributed by atoms with Gasteiger partial charge in [0.15, 0.2) is 5.96 Å². The van der Waals surface area contributed by atoms with E-state index < -0.39 is 0 Å². The van der Waals surface area contributed by atoms with Crippen LogP contribution in [0.2, 0.25) is 0 Å². The van der Waals surface area contributed by atoms with Gasteiger partial charge in [-0.15, -0.1) is 0 Å². The van der Waals surface area contributed by atoms with Crippen LogP contribution in [0.5, 0.6) is 0 Å². The fourth-order valence-corrected chi connectivity index (χ4v) is 3.60. The van der Waals surface area contributed by atoms with Crippen molar-refractivity contribution in [3.63, 3.8) is 0 Å². The monoisotopic (exact) mass is 398 g/mol. The van der Waals surface area contributed by atoms with Gasteiger partial charge in [0, 0.05) is 19.7 Å². The second kappa shape index (κ2) is 12.2. The minimum atomic E-state index is 0.482. The molecule has 1 aromatic carbocycles. The van der Waals surface area contributed by atoms with Crippen LogP contribution in [0.25, 0.3) is 0 Å². The summed E-state index contributed by atoms with van der Waals surface area (Å²) in [6, 6.07) is 8.45. The molecule has 7 heteroatoms. The first-order valence-corrected chi connectivity index (χ1v) is 10.9. The average molecular weight is 399 g/mol. The first kappa shape index (κ1) is 21.3. The van der Waals surface area contributed by atoms with Crippen LogP contribution >= 0.6 is 0 Å². The second-order valence-electron chi connectivity index (χ2n) is 7.52. The van der Waals surface area contributed by atoms with E-state index in [9.17, 15) is 0 Å². The summed E-state index contributed by atoms with van der Waals surface area (Å²) in [4.78, 5) is 8.72. The minimum absolute atomic E-state index is 0.482. The molecule has 2 N–H and O–H groups in total. The molecular formula is C22H34N6O. The van der Waals surface area contributed by atoms with E-state index in [0.29, 0.717) is 12.6 Å². The van der Waals surface area contributed by atoms with Gasteiger partial charge in [0.2, 0.25) is 0 Å². The van der Waals surface area contributed by atoms with Crippen LogP contribution in [0.4, 0.5) is 0 Å². The van der Waals surface area contributed by atoms with Crippen LogP contribution in [0.3, 0.4) is 0 Å². The van der Waals surface area contributed by atoms with Gasteiger partial charge in [-0.25, -0.2) is 14.7 Å². The Morgan fingerprint density at radius 3 is 2.86 bits per heavy atom. The lowest BCUT2D eigenvalue weighted by Crippen LogP contribution is -2.38. The van der Waals surface area contributed by atoms with E-state index in [1.807, 2.05) is 4.68 Å². The Hall–Kier alpha value is -2.41. The van der Waals surface area contributed by atoms with E-state index >= 15 is 0 Å². The fourth-order valence-electron chi connectivity index (χ4n) is 3.60. The SMILES string of the molecule is CCNC(=NCc1cccc(Cn2cncn2)c1)NCCCOC1CCCCC1. The minimum Gasteiger partial charge on any atom is -0.378 e. The first-order chi connectivity index (χ1) is 14.3. The van der Waals surface area contributed by atoms with Crippen LogP contribution < -0.4 is 10.6 Å². The summed E-state index contributed by atoms with van der Waals surface area (Å²) in [7, 11) is 0. The Morgan fingerprint density at radius 2 is 2.07 bits per heavy atom. The van der Waals surface area contributed by atoms with E-state index in [1.165, 1.54) is 43.2 Å². The molecule has 158 valence electrons. The van der Waals surface area contributed by atoms with Gasteiger partial charge in [-0.3, -0.25) is 0 Å². The normalized spacial score (nSPS) is 15.4. The second-order valence-corrected chi connectivity index (χ2v) is 7.52. The van der Waals surface area contributed by atoms with Gasteiger partial charge < -0.3 is 15.4 Å². The Balaban J connectivity index is 1.42. The Kier molecular flexibility index (Phi) is 8.97. The van der Waals surface area contributed by atoms with Crippen molar-refractivity contribution in [2.24, 2.45) is 4.99 Å². The number of rotatable bonds is 10.